The summed E-state index contributed by atoms with van der Waals surface area (Å²) in [6.45, 7) is 3.19. The Morgan fingerprint density at radius 2 is 2.17 bits per heavy atom. The molecule has 1 aliphatic heterocycles. The minimum absolute atomic E-state index is 0.704. The molecular formula is C13H18BrClN2O. The van der Waals surface area contributed by atoms with Crippen molar-refractivity contribution < 1.29 is 4.74 Å². The molecule has 2 N–H and O–H groups in total. The zero-order valence-electron chi connectivity index (χ0n) is 10.4. The number of hydrogen-bond acceptors (Lipinski definition) is 3. The molecule has 1 aromatic carbocycles. The lowest BCUT2D eigenvalue weighted by atomic mass is 9.98. The van der Waals surface area contributed by atoms with Gasteiger partial charge in [-0.15, -0.1) is 0 Å². The summed E-state index contributed by atoms with van der Waals surface area (Å²) in [4.78, 5) is 0. The second kappa shape index (κ2) is 6.64. The van der Waals surface area contributed by atoms with Crippen molar-refractivity contribution >= 4 is 33.2 Å². The van der Waals surface area contributed by atoms with E-state index in [0.717, 1.165) is 35.5 Å². The van der Waals surface area contributed by atoms with E-state index >= 15 is 0 Å². The minimum Gasteiger partial charge on any atom is -0.493 e. The van der Waals surface area contributed by atoms with Gasteiger partial charge in [0.25, 0.3) is 0 Å². The predicted molar refractivity (Wildman–Crippen MR) is 79.8 cm³/mol. The van der Waals surface area contributed by atoms with Gasteiger partial charge in [0, 0.05) is 11.6 Å². The third-order valence-electron chi connectivity index (χ3n) is 3.25. The molecule has 1 heterocycles. The van der Waals surface area contributed by atoms with Gasteiger partial charge in [0.15, 0.2) is 5.75 Å². The minimum atomic E-state index is 0.704. The highest BCUT2D eigenvalue weighted by Gasteiger charge is 2.14. The zero-order chi connectivity index (χ0) is 13.0. The second-order valence-electron chi connectivity index (χ2n) is 4.54. The van der Waals surface area contributed by atoms with Crippen LogP contribution in [-0.4, -0.2) is 26.7 Å². The number of anilines is 1. The lowest BCUT2D eigenvalue weighted by Gasteiger charge is -2.24. The van der Waals surface area contributed by atoms with E-state index in [4.69, 9.17) is 16.3 Å². The van der Waals surface area contributed by atoms with Crippen LogP contribution in [0.5, 0.6) is 5.75 Å². The van der Waals surface area contributed by atoms with Crippen LogP contribution in [0.2, 0.25) is 5.02 Å². The molecule has 0 aliphatic carbocycles. The van der Waals surface area contributed by atoms with Crippen LogP contribution in [0.4, 0.5) is 5.69 Å². The summed E-state index contributed by atoms with van der Waals surface area (Å²) < 4.78 is 6.27. The normalized spacial score (nSPS) is 16.6. The van der Waals surface area contributed by atoms with Crippen LogP contribution in [0.1, 0.15) is 12.8 Å². The Morgan fingerprint density at radius 1 is 1.44 bits per heavy atom. The molecule has 1 aliphatic rings. The molecule has 1 aromatic rings. The van der Waals surface area contributed by atoms with Crippen LogP contribution in [0.25, 0.3) is 0 Å². The van der Waals surface area contributed by atoms with Gasteiger partial charge in [-0.3, -0.25) is 0 Å². The first-order chi connectivity index (χ1) is 8.70. The van der Waals surface area contributed by atoms with Crippen LogP contribution < -0.4 is 15.4 Å². The number of halogens is 2. The van der Waals surface area contributed by atoms with Gasteiger partial charge in [-0.05, 0) is 59.9 Å². The SMILES string of the molecule is COc1c(Br)cc(Cl)cc1NCC1CCNCC1. The first-order valence-electron chi connectivity index (χ1n) is 6.18. The molecule has 0 unspecified atom stereocenters. The van der Waals surface area contributed by atoms with Crippen LogP contribution >= 0.6 is 27.5 Å². The van der Waals surface area contributed by atoms with Crippen LogP contribution in [-0.2, 0) is 0 Å². The Labute approximate surface area is 121 Å². The molecule has 18 heavy (non-hydrogen) atoms. The maximum atomic E-state index is 6.07. The molecule has 1 saturated heterocycles. The zero-order valence-corrected chi connectivity index (χ0v) is 12.8. The van der Waals surface area contributed by atoms with Crippen LogP contribution in [0.3, 0.4) is 0 Å². The van der Waals surface area contributed by atoms with Crippen molar-refractivity contribution in [2.24, 2.45) is 5.92 Å². The van der Waals surface area contributed by atoms with E-state index in [2.05, 4.69) is 26.6 Å². The number of rotatable bonds is 4. The highest BCUT2D eigenvalue weighted by atomic mass is 79.9. The van der Waals surface area contributed by atoms with Gasteiger partial charge in [-0.25, -0.2) is 0 Å². The van der Waals surface area contributed by atoms with Gasteiger partial charge in [0.1, 0.15) is 0 Å². The molecule has 0 bridgehead atoms. The van der Waals surface area contributed by atoms with Crippen LogP contribution in [0, 0.1) is 5.92 Å². The number of ether oxygens (including phenoxy) is 1. The Balaban J connectivity index is 2.03. The Bertz CT molecular complexity index is 408. The number of methoxy groups -OCH3 is 1. The van der Waals surface area contributed by atoms with Gasteiger partial charge < -0.3 is 15.4 Å². The first-order valence-corrected chi connectivity index (χ1v) is 7.35. The number of benzene rings is 1. The number of hydrogen-bond donors (Lipinski definition) is 2. The van der Waals surface area contributed by atoms with Crippen LogP contribution in [0.15, 0.2) is 16.6 Å². The first kappa shape index (κ1) is 14.0. The van der Waals surface area contributed by atoms with Crippen molar-refractivity contribution in [1.82, 2.24) is 5.32 Å². The van der Waals surface area contributed by atoms with Gasteiger partial charge >= 0.3 is 0 Å². The van der Waals surface area contributed by atoms with Gasteiger partial charge in [-0.1, -0.05) is 11.6 Å². The summed E-state index contributed by atoms with van der Waals surface area (Å²) in [5, 5.41) is 7.53. The van der Waals surface area contributed by atoms with E-state index in [1.807, 2.05) is 12.1 Å². The van der Waals surface area contributed by atoms with E-state index in [-0.39, 0.29) is 0 Å². The van der Waals surface area contributed by atoms with Gasteiger partial charge in [0.05, 0.1) is 17.3 Å². The molecule has 3 nitrogen and oxygen atoms in total. The van der Waals surface area contributed by atoms with Gasteiger partial charge in [0.2, 0.25) is 0 Å². The molecule has 5 heteroatoms. The molecule has 1 fully saturated rings. The molecule has 0 saturated carbocycles. The quantitative estimate of drug-likeness (QED) is 0.884. The van der Waals surface area contributed by atoms with Gasteiger partial charge in [-0.2, -0.15) is 0 Å². The maximum Gasteiger partial charge on any atom is 0.156 e. The van der Waals surface area contributed by atoms with E-state index in [1.165, 1.54) is 12.8 Å². The Hall–Kier alpha value is -0.450. The molecule has 2 rings (SSSR count). The highest BCUT2D eigenvalue weighted by molar-refractivity contribution is 9.10. The summed E-state index contributed by atoms with van der Waals surface area (Å²) in [6.07, 6.45) is 2.44. The molecular weight excluding hydrogens is 316 g/mol. The van der Waals surface area contributed by atoms with Crippen molar-refractivity contribution in [2.75, 3.05) is 32.1 Å². The number of piperidine rings is 1. The lowest BCUT2D eigenvalue weighted by Crippen LogP contribution is -2.31. The topological polar surface area (TPSA) is 33.3 Å². The molecule has 100 valence electrons. The van der Waals surface area contributed by atoms with E-state index in [1.54, 1.807) is 7.11 Å². The van der Waals surface area contributed by atoms with Crippen molar-refractivity contribution in [2.45, 2.75) is 12.8 Å². The number of nitrogens with one attached hydrogen (secondary N) is 2. The van der Waals surface area contributed by atoms with Crippen molar-refractivity contribution in [3.63, 3.8) is 0 Å². The Kier molecular flexibility index (Phi) is 5.15. The molecule has 0 spiro atoms. The third kappa shape index (κ3) is 3.53. The molecule has 0 atom stereocenters. The second-order valence-corrected chi connectivity index (χ2v) is 5.83. The third-order valence-corrected chi connectivity index (χ3v) is 4.06. The van der Waals surface area contributed by atoms with Crippen molar-refractivity contribution in [3.05, 3.63) is 21.6 Å². The fourth-order valence-electron chi connectivity index (χ4n) is 2.24. The van der Waals surface area contributed by atoms with Crippen molar-refractivity contribution in [3.8, 4) is 5.75 Å². The fraction of sp³-hybridized carbons (Fsp3) is 0.538. The fourth-order valence-corrected chi connectivity index (χ4v) is 3.21. The largest absolute Gasteiger partial charge is 0.493 e. The summed E-state index contributed by atoms with van der Waals surface area (Å²) in [6, 6.07) is 3.75. The van der Waals surface area contributed by atoms with E-state index in [9.17, 15) is 0 Å². The van der Waals surface area contributed by atoms with E-state index < -0.39 is 0 Å². The molecule has 0 aromatic heterocycles. The monoisotopic (exact) mass is 332 g/mol. The maximum absolute atomic E-state index is 6.07. The summed E-state index contributed by atoms with van der Waals surface area (Å²) >= 11 is 9.53. The predicted octanol–water partition coefficient (Wildman–Crippen LogP) is 3.52. The Morgan fingerprint density at radius 3 is 2.83 bits per heavy atom. The molecule has 0 radical (unpaired) electrons. The smallest absolute Gasteiger partial charge is 0.156 e. The average Bonchev–Trinajstić information content (AvgIpc) is 2.37. The van der Waals surface area contributed by atoms with E-state index in [0.29, 0.717) is 10.9 Å². The van der Waals surface area contributed by atoms with Crippen molar-refractivity contribution in [1.29, 1.82) is 0 Å². The average molecular weight is 334 g/mol. The standard InChI is InChI=1S/C13H18BrClN2O/c1-18-13-11(14)6-10(15)7-12(13)17-8-9-2-4-16-5-3-9/h6-7,9,16-17H,2-5,8H2,1H3. The summed E-state index contributed by atoms with van der Waals surface area (Å²) in [5.74, 6) is 1.53. The molecule has 0 amide bonds. The lowest BCUT2D eigenvalue weighted by molar-refractivity contribution is 0.387. The summed E-state index contributed by atoms with van der Waals surface area (Å²) in [5.41, 5.74) is 0.954. The highest BCUT2D eigenvalue weighted by Crippen LogP contribution is 2.36. The summed E-state index contributed by atoms with van der Waals surface area (Å²) in [7, 11) is 1.67.